The van der Waals surface area contributed by atoms with Crippen molar-refractivity contribution in [2.75, 3.05) is 0 Å². The van der Waals surface area contributed by atoms with E-state index in [1.807, 2.05) is 54.6 Å². The first-order chi connectivity index (χ1) is 12.2. The van der Waals surface area contributed by atoms with Gasteiger partial charge in [-0.15, -0.1) is 0 Å². The van der Waals surface area contributed by atoms with Gasteiger partial charge in [0.25, 0.3) is 0 Å². The molecule has 0 atom stereocenters. The molecular weight excluding hydrogens is 332 g/mol. The van der Waals surface area contributed by atoms with Crippen LogP contribution in [0, 0.1) is 0 Å². The van der Waals surface area contributed by atoms with E-state index in [0.29, 0.717) is 17.2 Å². The average Bonchev–Trinajstić information content (AvgIpc) is 2.66. The molecule has 3 aromatic carbocycles. The minimum atomic E-state index is -0.124. The fraction of sp³-hybridized carbons (Fsp3) is 0.0455. The Morgan fingerprint density at radius 3 is 2.48 bits per heavy atom. The van der Waals surface area contributed by atoms with E-state index in [9.17, 15) is 4.79 Å². The predicted molar refractivity (Wildman–Crippen MR) is 102 cm³/mol. The van der Waals surface area contributed by atoms with Crippen molar-refractivity contribution in [1.29, 1.82) is 0 Å². The Balaban J connectivity index is 1.67. The fourth-order valence-corrected chi connectivity index (χ4v) is 2.60. The number of carbonyl (C=O) groups is 1. The van der Waals surface area contributed by atoms with Gasteiger partial charge < -0.3 is 4.74 Å². The van der Waals surface area contributed by atoms with Crippen LogP contribution in [0.3, 0.4) is 0 Å². The molecule has 124 valence electrons. The van der Waals surface area contributed by atoms with Crippen molar-refractivity contribution in [3.63, 3.8) is 0 Å². The van der Waals surface area contributed by atoms with Gasteiger partial charge in [0.2, 0.25) is 0 Å². The summed E-state index contributed by atoms with van der Waals surface area (Å²) in [5, 5.41) is 0.456. The Hall–Kier alpha value is -2.84. The van der Waals surface area contributed by atoms with Crippen molar-refractivity contribution < 1.29 is 9.53 Å². The third-order valence-corrected chi connectivity index (χ3v) is 4.00. The van der Waals surface area contributed by atoms with E-state index in [2.05, 4.69) is 0 Å². The van der Waals surface area contributed by atoms with Crippen molar-refractivity contribution in [2.45, 2.75) is 6.61 Å². The Bertz CT molecular complexity index is 885. The third kappa shape index (κ3) is 4.82. The predicted octanol–water partition coefficient (Wildman–Crippen LogP) is 5.82. The Labute approximate surface area is 152 Å². The van der Waals surface area contributed by atoms with Gasteiger partial charge in [0, 0.05) is 5.56 Å². The summed E-state index contributed by atoms with van der Waals surface area (Å²) in [5.74, 6) is 0.636. The van der Waals surface area contributed by atoms with E-state index in [1.54, 1.807) is 30.3 Å². The first-order valence-electron chi connectivity index (χ1n) is 7.96. The Kier molecular flexibility index (Phi) is 5.65. The Morgan fingerprint density at radius 2 is 1.68 bits per heavy atom. The van der Waals surface area contributed by atoms with Crippen LogP contribution in [-0.4, -0.2) is 5.78 Å². The Morgan fingerprint density at radius 1 is 0.920 bits per heavy atom. The summed E-state index contributed by atoms with van der Waals surface area (Å²) < 4.78 is 5.80. The van der Waals surface area contributed by atoms with Crippen molar-refractivity contribution in [3.8, 4) is 5.75 Å². The lowest BCUT2D eigenvalue weighted by Crippen LogP contribution is -1.96. The largest absolute Gasteiger partial charge is 0.489 e. The molecule has 0 aliphatic rings. The monoisotopic (exact) mass is 348 g/mol. The van der Waals surface area contributed by atoms with Crippen LogP contribution in [0.2, 0.25) is 5.02 Å². The first-order valence-corrected chi connectivity index (χ1v) is 8.34. The second-order valence-electron chi connectivity index (χ2n) is 5.52. The molecule has 0 heterocycles. The number of ether oxygens (including phenoxy) is 1. The van der Waals surface area contributed by atoms with Crippen molar-refractivity contribution >= 4 is 23.5 Å². The quantitative estimate of drug-likeness (QED) is 0.414. The van der Waals surface area contributed by atoms with Gasteiger partial charge in [-0.3, -0.25) is 4.79 Å². The number of ketones is 1. The molecule has 0 amide bonds. The van der Waals surface area contributed by atoms with E-state index in [4.69, 9.17) is 16.3 Å². The van der Waals surface area contributed by atoms with E-state index in [-0.39, 0.29) is 5.78 Å². The molecule has 0 spiro atoms. The summed E-state index contributed by atoms with van der Waals surface area (Å²) in [7, 11) is 0. The highest BCUT2D eigenvalue weighted by Crippen LogP contribution is 2.18. The molecule has 2 nitrogen and oxygen atoms in total. The molecule has 0 aliphatic carbocycles. The summed E-state index contributed by atoms with van der Waals surface area (Å²) in [6.45, 7) is 0.507. The lowest BCUT2D eigenvalue weighted by Gasteiger charge is -2.07. The number of rotatable bonds is 6. The van der Waals surface area contributed by atoms with Crippen LogP contribution in [0.25, 0.3) is 6.08 Å². The molecule has 0 fully saturated rings. The molecule has 0 N–H and O–H groups in total. The number of halogens is 1. The zero-order chi connectivity index (χ0) is 17.5. The van der Waals surface area contributed by atoms with E-state index >= 15 is 0 Å². The van der Waals surface area contributed by atoms with Crippen LogP contribution in [0.4, 0.5) is 0 Å². The normalized spacial score (nSPS) is 10.8. The average molecular weight is 349 g/mol. The molecule has 0 unspecified atom stereocenters. The highest BCUT2D eigenvalue weighted by atomic mass is 35.5. The van der Waals surface area contributed by atoms with Crippen LogP contribution in [0.5, 0.6) is 5.75 Å². The zero-order valence-corrected chi connectivity index (χ0v) is 14.3. The highest BCUT2D eigenvalue weighted by Gasteiger charge is 2.05. The molecule has 3 aromatic rings. The van der Waals surface area contributed by atoms with Gasteiger partial charge in [-0.1, -0.05) is 72.3 Å². The molecule has 3 rings (SSSR count). The molecule has 0 radical (unpaired) electrons. The number of hydrogen-bond donors (Lipinski definition) is 0. The zero-order valence-electron chi connectivity index (χ0n) is 13.6. The fourth-order valence-electron chi connectivity index (χ4n) is 2.37. The lowest BCUT2D eigenvalue weighted by molar-refractivity contribution is 0.104. The van der Waals surface area contributed by atoms with Crippen LogP contribution in [0.15, 0.2) is 84.9 Å². The van der Waals surface area contributed by atoms with Gasteiger partial charge in [0.05, 0.1) is 5.02 Å². The maximum Gasteiger partial charge on any atom is 0.187 e. The molecule has 0 saturated heterocycles. The number of benzene rings is 3. The standard InChI is InChI=1S/C22H17ClO2/c23-21-12-5-4-11-20(21)22(24)14-13-17-9-6-10-19(15-17)25-16-18-7-2-1-3-8-18/h1-15H,16H2/b14-13+. The lowest BCUT2D eigenvalue weighted by atomic mass is 10.1. The van der Waals surface area contributed by atoms with Crippen molar-refractivity contribution in [1.82, 2.24) is 0 Å². The maximum atomic E-state index is 12.2. The number of allylic oxidation sites excluding steroid dienone is 1. The number of carbonyl (C=O) groups excluding carboxylic acids is 1. The van der Waals surface area contributed by atoms with Gasteiger partial charge in [0.1, 0.15) is 12.4 Å². The van der Waals surface area contributed by atoms with Gasteiger partial charge >= 0.3 is 0 Å². The summed E-state index contributed by atoms with van der Waals surface area (Å²) in [6, 6.07) is 24.6. The molecular formula is C22H17ClO2. The molecule has 3 heteroatoms. The molecule has 0 bridgehead atoms. The van der Waals surface area contributed by atoms with Crippen molar-refractivity contribution in [3.05, 3.63) is 107 Å². The summed E-state index contributed by atoms with van der Waals surface area (Å²) >= 11 is 6.05. The van der Waals surface area contributed by atoms with Crippen LogP contribution >= 0.6 is 11.6 Å². The van der Waals surface area contributed by atoms with Crippen molar-refractivity contribution in [2.24, 2.45) is 0 Å². The molecule has 0 aromatic heterocycles. The molecule has 25 heavy (non-hydrogen) atoms. The van der Waals surface area contributed by atoms with Gasteiger partial charge in [0.15, 0.2) is 5.78 Å². The SMILES string of the molecule is O=C(/C=C/c1cccc(OCc2ccccc2)c1)c1ccccc1Cl. The topological polar surface area (TPSA) is 26.3 Å². The maximum absolute atomic E-state index is 12.2. The van der Waals surface area contributed by atoms with E-state index in [0.717, 1.165) is 16.9 Å². The highest BCUT2D eigenvalue weighted by molar-refractivity contribution is 6.34. The summed E-state index contributed by atoms with van der Waals surface area (Å²) in [5.41, 5.74) is 2.50. The molecule has 0 saturated carbocycles. The summed E-state index contributed by atoms with van der Waals surface area (Å²) in [6.07, 6.45) is 3.29. The van der Waals surface area contributed by atoms with Crippen LogP contribution in [0.1, 0.15) is 21.5 Å². The van der Waals surface area contributed by atoms with Gasteiger partial charge in [-0.05, 0) is 41.5 Å². The summed E-state index contributed by atoms with van der Waals surface area (Å²) in [4.78, 5) is 12.2. The smallest absolute Gasteiger partial charge is 0.187 e. The second kappa shape index (κ2) is 8.32. The second-order valence-corrected chi connectivity index (χ2v) is 5.93. The minimum absolute atomic E-state index is 0.124. The van der Waals surface area contributed by atoms with Gasteiger partial charge in [-0.2, -0.15) is 0 Å². The van der Waals surface area contributed by atoms with E-state index < -0.39 is 0 Å². The first kappa shape index (κ1) is 17.0. The number of hydrogen-bond acceptors (Lipinski definition) is 2. The van der Waals surface area contributed by atoms with Crippen LogP contribution < -0.4 is 4.74 Å². The molecule has 0 aliphatic heterocycles. The van der Waals surface area contributed by atoms with Crippen LogP contribution in [-0.2, 0) is 6.61 Å². The van der Waals surface area contributed by atoms with E-state index in [1.165, 1.54) is 6.08 Å². The third-order valence-electron chi connectivity index (χ3n) is 3.67. The minimum Gasteiger partial charge on any atom is -0.489 e. The van der Waals surface area contributed by atoms with Gasteiger partial charge in [-0.25, -0.2) is 0 Å².